The number of anilines is 1. The van der Waals surface area contributed by atoms with Gasteiger partial charge in [-0.1, -0.05) is 0 Å². The van der Waals surface area contributed by atoms with Crippen molar-refractivity contribution >= 4 is 22.0 Å². The zero-order valence-electron chi connectivity index (χ0n) is 10.3. The Balaban J connectivity index is 1.90. The zero-order valence-corrected chi connectivity index (χ0v) is 11.2. The van der Waals surface area contributed by atoms with Crippen molar-refractivity contribution in [2.45, 2.75) is 20.4 Å². The van der Waals surface area contributed by atoms with Gasteiger partial charge in [0, 0.05) is 23.5 Å². The van der Waals surface area contributed by atoms with E-state index in [0.717, 1.165) is 22.9 Å². The number of aromatic nitrogens is 3. The van der Waals surface area contributed by atoms with Crippen LogP contribution in [0.25, 0.3) is 4.96 Å². The van der Waals surface area contributed by atoms with Crippen molar-refractivity contribution in [1.29, 1.82) is 0 Å². The summed E-state index contributed by atoms with van der Waals surface area (Å²) in [7, 11) is 0. The minimum Gasteiger partial charge on any atom is -0.378 e. The average molecular weight is 258 g/mol. The Kier molecular flexibility index (Phi) is 2.76. The highest BCUT2D eigenvalue weighted by atomic mass is 32.1. The maximum Gasteiger partial charge on any atom is 0.194 e. The number of aryl methyl sites for hydroxylation is 2. The van der Waals surface area contributed by atoms with Gasteiger partial charge in [-0.15, -0.1) is 11.3 Å². The van der Waals surface area contributed by atoms with Gasteiger partial charge in [-0.05, 0) is 26.0 Å². The minimum atomic E-state index is 0.760. The molecule has 3 rings (SSSR count). The van der Waals surface area contributed by atoms with E-state index in [4.69, 9.17) is 0 Å². The number of rotatable bonds is 3. The van der Waals surface area contributed by atoms with Crippen LogP contribution in [-0.2, 0) is 6.54 Å². The fourth-order valence-electron chi connectivity index (χ4n) is 2.03. The molecule has 3 aromatic rings. The van der Waals surface area contributed by atoms with Crippen LogP contribution in [0.3, 0.4) is 0 Å². The van der Waals surface area contributed by atoms with E-state index in [1.165, 1.54) is 11.4 Å². The largest absolute Gasteiger partial charge is 0.378 e. The predicted octanol–water partition coefficient (Wildman–Crippen LogP) is 3.02. The van der Waals surface area contributed by atoms with E-state index in [-0.39, 0.29) is 0 Å². The van der Waals surface area contributed by atoms with Gasteiger partial charge in [-0.2, -0.15) is 0 Å². The van der Waals surface area contributed by atoms with Crippen molar-refractivity contribution in [3.8, 4) is 0 Å². The Morgan fingerprint density at radius 1 is 1.39 bits per heavy atom. The van der Waals surface area contributed by atoms with E-state index < -0.39 is 0 Å². The molecule has 0 aliphatic heterocycles. The van der Waals surface area contributed by atoms with E-state index >= 15 is 0 Å². The molecule has 0 radical (unpaired) electrons. The van der Waals surface area contributed by atoms with Crippen LogP contribution >= 0.6 is 11.3 Å². The number of fused-ring (bicyclic) bond motifs is 1. The molecular formula is C13H14N4S. The molecule has 0 unspecified atom stereocenters. The molecule has 3 aromatic heterocycles. The van der Waals surface area contributed by atoms with Gasteiger partial charge in [0.15, 0.2) is 4.96 Å². The van der Waals surface area contributed by atoms with Crippen LogP contribution in [0.15, 0.2) is 29.9 Å². The molecule has 0 saturated carbocycles. The minimum absolute atomic E-state index is 0.760. The van der Waals surface area contributed by atoms with Gasteiger partial charge in [0.05, 0.1) is 23.6 Å². The summed E-state index contributed by atoms with van der Waals surface area (Å²) in [6.45, 7) is 4.92. The van der Waals surface area contributed by atoms with Gasteiger partial charge < -0.3 is 5.32 Å². The first kappa shape index (κ1) is 11.2. The standard InChI is InChI=1S/C13H14N4S/c1-9-8-18-13-16-10(2)12(17(9)13)7-15-11-4-3-5-14-6-11/h3-6,8,15H,7H2,1-2H3. The Morgan fingerprint density at radius 2 is 2.28 bits per heavy atom. The molecule has 0 saturated heterocycles. The third-order valence-corrected chi connectivity index (χ3v) is 3.89. The monoisotopic (exact) mass is 258 g/mol. The maximum absolute atomic E-state index is 4.57. The highest BCUT2D eigenvalue weighted by molar-refractivity contribution is 7.15. The fraction of sp³-hybridized carbons (Fsp3) is 0.231. The van der Waals surface area contributed by atoms with Gasteiger partial charge in [-0.25, -0.2) is 4.98 Å². The Bertz CT molecular complexity index is 669. The normalized spacial score (nSPS) is 11.0. The molecule has 0 atom stereocenters. The quantitative estimate of drug-likeness (QED) is 0.785. The summed E-state index contributed by atoms with van der Waals surface area (Å²) in [4.78, 5) is 9.73. The molecule has 18 heavy (non-hydrogen) atoms. The van der Waals surface area contributed by atoms with Gasteiger partial charge in [0.25, 0.3) is 0 Å². The molecule has 1 N–H and O–H groups in total. The third-order valence-electron chi connectivity index (χ3n) is 2.95. The van der Waals surface area contributed by atoms with Crippen LogP contribution < -0.4 is 5.32 Å². The molecule has 0 aliphatic rings. The molecule has 5 heteroatoms. The van der Waals surface area contributed by atoms with Crippen molar-refractivity contribution in [2.24, 2.45) is 0 Å². The summed E-state index contributed by atoms with van der Waals surface area (Å²) in [5, 5.41) is 5.51. The maximum atomic E-state index is 4.57. The lowest BCUT2D eigenvalue weighted by Crippen LogP contribution is -2.04. The second kappa shape index (κ2) is 4.42. The number of imidazole rings is 1. The second-order valence-corrected chi connectivity index (χ2v) is 5.07. The van der Waals surface area contributed by atoms with E-state index in [1.54, 1.807) is 17.5 Å². The highest BCUT2D eigenvalue weighted by Gasteiger charge is 2.11. The molecule has 92 valence electrons. The molecule has 0 bridgehead atoms. The average Bonchev–Trinajstić information content (AvgIpc) is 2.88. The molecule has 0 fully saturated rings. The Labute approximate surface area is 109 Å². The molecule has 3 heterocycles. The number of pyridine rings is 1. The molecule has 0 aromatic carbocycles. The number of hydrogen-bond donors (Lipinski definition) is 1. The number of nitrogens with zero attached hydrogens (tertiary/aromatic N) is 3. The Morgan fingerprint density at radius 3 is 3.06 bits per heavy atom. The lowest BCUT2D eigenvalue weighted by Gasteiger charge is -2.06. The van der Waals surface area contributed by atoms with Gasteiger partial charge in [-0.3, -0.25) is 9.38 Å². The van der Waals surface area contributed by atoms with Crippen molar-refractivity contribution in [3.63, 3.8) is 0 Å². The van der Waals surface area contributed by atoms with Crippen LogP contribution in [0, 0.1) is 13.8 Å². The summed E-state index contributed by atoms with van der Waals surface area (Å²) in [6, 6.07) is 3.94. The SMILES string of the molecule is Cc1nc2scc(C)n2c1CNc1cccnc1. The van der Waals surface area contributed by atoms with E-state index in [0.29, 0.717) is 0 Å². The van der Waals surface area contributed by atoms with Crippen molar-refractivity contribution in [2.75, 3.05) is 5.32 Å². The van der Waals surface area contributed by atoms with E-state index in [9.17, 15) is 0 Å². The lowest BCUT2D eigenvalue weighted by molar-refractivity contribution is 0.965. The van der Waals surface area contributed by atoms with Crippen LogP contribution in [0.2, 0.25) is 0 Å². The second-order valence-electron chi connectivity index (χ2n) is 4.23. The van der Waals surface area contributed by atoms with Crippen molar-refractivity contribution in [1.82, 2.24) is 14.4 Å². The first-order chi connectivity index (χ1) is 8.75. The molecule has 0 amide bonds. The van der Waals surface area contributed by atoms with Gasteiger partial charge in [0.2, 0.25) is 0 Å². The zero-order chi connectivity index (χ0) is 12.5. The molecule has 4 nitrogen and oxygen atoms in total. The van der Waals surface area contributed by atoms with Gasteiger partial charge in [0.1, 0.15) is 0 Å². The first-order valence-corrected chi connectivity index (χ1v) is 6.69. The molecule has 0 spiro atoms. The topological polar surface area (TPSA) is 42.2 Å². The lowest BCUT2D eigenvalue weighted by atomic mass is 10.3. The highest BCUT2D eigenvalue weighted by Crippen LogP contribution is 2.21. The summed E-state index contributed by atoms with van der Waals surface area (Å²) >= 11 is 1.68. The van der Waals surface area contributed by atoms with Crippen LogP contribution in [-0.4, -0.2) is 14.4 Å². The summed E-state index contributed by atoms with van der Waals surface area (Å²) in [5.74, 6) is 0. The van der Waals surface area contributed by atoms with Crippen LogP contribution in [0.1, 0.15) is 17.1 Å². The Hall–Kier alpha value is -1.88. The predicted molar refractivity (Wildman–Crippen MR) is 74.1 cm³/mol. The number of thiazole rings is 1. The first-order valence-electron chi connectivity index (χ1n) is 5.81. The summed E-state index contributed by atoms with van der Waals surface area (Å²) in [6.07, 6.45) is 3.60. The van der Waals surface area contributed by atoms with Crippen LogP contribution in [0.4, 0.5) is 5.69 Å². The van der Waals surface area contributed by atoms with E-state index in [2.05, 4.69) is 38.9 Å². The summed E-state index contributed by atoms with van der Waals surface area (Å²) in [5.41, 5.74) is 4.56. The fourth-order valence-corrected chi connectivity index (χ4v) is 2.96. The number of nitrogens with one attached hydrogen (secondary N) is 1. The van der Waals surface area contributed by atoms with Crippen LogP contribution in [0.5, 0.6) is 0 Å². The molecule has 0 aliphatic carbocycles. The van der Waals surface area contributed by atoms with E-state index in [1.807, 2.05) is 18.3 Å². The smallest absolute Gasteiger partial charge is 0.194 e. The molecular weight excluding hydrogens is 244 g/mol. The van der Waals surface area contributed by atoms with Crippen molar-refractivity contribution < 1.29 is 0 Å². The van der Waals surface area contributed by atoms with Gasteiger partial charge >= 0.3 is 0 Å². The van der Waals surface area contributed by atoms with Crippen molar-refractivity contribution in [3.05, 3.63) is 47.0 Å². The summed E-state index contributed by atoms with van der Waals surface area (Å²) < 4.78 is 2.21. The third kappa shape index (κ3) is 1.86. The number of hydrogen-bond acceptors (Lipinski definition) is 4.